The molecule has 0 bridgehead atoms. The van der Waals surface area contributed by atoms with E-state index in [0.29, 0.717) is 24.2 Å². The third-order valence-electron chi connectivity index (χ3n) is 4.27. The molecule has 0 radical (unpaired) electrons. The van der Waals surface area contributed by atoms with Gasteiger partial charge in [0.1, 0.15) is 5.75 Å². The number of Topliss-reactive ketones (excluding diaryl/α,β-unsaturated/α-hetero) is 1. The Morgan fingerprint density at radius 2 is 1.42 bits per heavy atom. The van der Waals surface area contributed by atoms with Gasteiger partial charge >= 0.3 is 0 Å². The molecule has 0 amide bonds. The van der Waals surface area contributed by atoms with Crippen LogP contribution in [0.5, 0.6) is 5.75 Å². The molecule has 0 saturated heterocycles. The fraction of sp³-hybridized carbons (Fsp3) is 0.591. The number of ketones is 1. The predicted molar refractivity (Wildman–Crippen MR) is 102 cm³/mol. The Bertz CT molecular complexity index is 624. The van der Waals surface area contributed by atoms with Crippen LogP contribution in [0.25, 0.3) is 0 Å². The molecule has 2 nitrogen and oxygen atoms in total. The molecule has 0 aliphatic heterocycles. The van der Waals surface area contributed by atoms with Gasteiger partial charge in [-0.3, -0.25) is 4.79 Å². The van der Waals surface area contributed by atoms with E-state index >= 15 is 0 Å². The first kappa shape index (κ1) is 20.3. The summed E-state index contributed by atoms with van der Waals surface area (Å²) in [6.45, 7) is 16.3. The Kier molecular flexibility index (Phi) is 5.61. The van der Waals surface area contributed by atoms with Crippen molar-refractivity contribution in [3.63, 3.8) is 0 Å². The van der Waals surface area contributed by atoms with Crippen molar-refractivity contribution in [2.45, 2.75) is 79.1 Å². The molecule has 1 aromatic carbocycles. The summed E-state index contributed by atoms with van der Waals surface area (Å²) in [5, 5.41) is 10.7. The average molecular weight is 328 g/mol. The number of phenols is 1. The summed E-state index contributed by atoms with van der Waals surface area (Å²) in [7, 11) is 0. The van der Waals surface area contributed by atoms with Crippen LogP contribution in [0.1, 0.15) is 89.7 Å². The molecule has 0 unspecified atom stereocenters. The van der Waals surface area contributed by atoms with Gasteiger partial charge in [-0.1, -0.05) is 55.4 Å². The standard InChI is InChI=1S/C22H32O2/c1-10-11-22(8,9)14-18(23)15-12-16(20(2,3)4)19(24)17(13-15)21(5,6)7/h1,12-13,24H,11,14H2,2-9H3. The second-order valence-corrected chi connectivity index (χ2v) is 9.57. The van der Waals surface area contributed by atoms with Crippen molar-refractivity contribution in [3.8, 4) is 18.1 Å². The molecule has 0 aromatic heterocycles. The molecule has 0 aliphatic rings. The van der Waals surface area contributed by atoms with Crippen LogP contribution >= 0.6 is 0 Å². The number of phenolic OH excluding ortho intramolecular Hbond substituents is 1. The van der Waals surface area contributed by atoms with Crippen molar-refractivity contribution < 1.29 is 9.90 Å². The first-order valence-corrected chi connectivity index (χ1v) is 8.54. The minimum Gasteiger partial charge on any atom is -0.507 e. The molecule has 0 saturated carbocycles. The van der Waals surface area contributed by atoms with Gasteiger partial charge in [0.2, 0.25) is 0 Å². The zero-order chi connectivity index (χ0) is 18.9. The lowest BCUT2D eigenvalue weighted by molar-refractivity contribution is 0.0933. The highest BCUT2D eigenvalue weighted by molar-refractivity contribution is 5.97. The summed E-state index contributed by atoms with van der Waals surface area (Å²) < 4.78 is 0. The Morgan fingerprint density at radius 1 is 1.00 bits per heavy atom. The van der Waals surface area contributed by atoms with Crippen LogP contribution in [0, 0.1) is 17.8 Å². The van der Waals surface area contributed by atoms with Crippen LogP contribution in [-0.4, -0.2) is 10.9 Å². The molecule has 0 spiro atoms. The second-order valence-electron chi connectivity index (χ2n) is 9.57. The molecule has 1 aromatic rings. The lowest BCUT2D eigenvalue weighted by atomic mass is 9.76. The third kappa shape index (κ3) is 4.87. The summed E-state index contributed by atoms with van der Waals surface area (Å²) in [6.07, 6.45) is 6.38. The smallest absolute Gasteiger partial charge is 0.163 e. The topological polar surface area (TPSA) is 37.3 Å². The molecule has 0 aliphatic carbocycles. The molecule has 0 atom stereocenters. The van der Waals surface area contributed by atoms with Gasteiger partial charge < -0.3 is 5.11 Å². The maximum Gasteiger partial charge on any atom is 0.163 e. The van der Waals surface area contributed by atoms with Gasteiger partial charge in [-0.05, 0) is 28.4 Å². The van der Waals surface area contributed by atoms with Crippen LogP contribution in [0.15, 0.2) is 12.1 Å². The maximum atomic E-state index is 12.9. The molecular formula is C22H32O2. The Balaban J connectivity index is 3.45. The molecule has 1 rings (SSSR count). The van der Waals surface area contributed by atoms with Crippen molar-refractivity contribution in [1.82, 2.24) is 0 Å². The summed E-state index contributed by atoms with van der Waals surface area (Å²) in [5.74, 6) is 3.03. The van der Waals surface area contributed by atoms with E-state index in [1.54, 1.807) is 0 Å². The van der Waals surface area contributed by atoms with Crippen molar-refractivity contribution in [2.24, 2.45) is 5.41 Å². The first-order valence-electron chi connectivity index (χ1n) is 8.54. The van der Waals surface area contributed by atoms with Crippen LogP contribution in [0.3, 0.4) is 0 Å². The van der Waals surface area contributed by atoms with Crippen molar-refractivity contribution in [1.29, 1.82) is 0 Å². The van der Waals surface area contributed by atoms with Gasteiger partial charge in [-0.15, -0.1) is 12.3 Å². The number of rotatable bonds is 4. The van der Waals surface area contributed by atoms with Crippen molar-refractivity contribution in [2.75, 3.05) is 0 Å². The van der Waals surface area contributed by atoms with Crippen LogP contribution in [0.4, 0.5) is 0 Å². The van der Waals surface area contributed by atoms with E-state index in [4.69, 9.17) is 6.42 Å². The second kappa shape index (κ2) is 6.63. The summed E-state index contributed by atoms with van der Waals surface area (Å²) in [4.78, 5) is 12.9. The SMILES string of the molecule is C#CCC(C)(C)CC(=O)c1cc(C(C)(C)C)c(O)c(C(C)(C)C)c1. The number of hydrogen-bond acceptors (Lipinski definition) is 2. The molecular weight excluding hydrogens is 296 g/mol. The quantitative estimate of drug-likeness (QED) is 0.576. The highest BCUT2D eigenvalue weighted by Crippen LogP contribution is 2.40. The normalized spacial score (nSPS) is 12.8. The van der Waals surface area contributed by atoms with Crippen LogP contribution in [-0.2, 0) is 10.8 Å². The van der Waals surface area contributed by atoms with E-state index in [9.17, 15) is 9.90 Å². The molecule has 0 fully saturated rings. The molecule has 1 N–H and O–H groups in total. The minimum atomic E-state index is -0.241. The van der Waals surface area contributed by atoms with E-state index in [0.717, 1.165) is 11.1 Å². The number of terminal acetylenes is 1. The van der Waals surface area contributed by atoms with Gasteiger partial charge in [-0.25, -0.2) is 0 Å². The average Bonchev–Trinajstić information content (AvgIpc) is 2.34. The Labute approximate surface area is 147 Å². The fourth-order valence-corrected chi connectivity index (χ4v) is 2.81. The number of benzene rings is 1. The highest BCUT2D eigenvalue weighted by atomic mass is 16.3. The van der Waals surface area contributed by atoms with E-state index in [-0.39, 0.29) is 22.0 Å². The van der Waals surface area contributed by atoms with Crippen LogP contribution < -0.4 is 0 Å². The zero-order valence-electron chi connectivity index (χ0n) is 16.5. The van der Waals surface area contributed by atoms with E-state index in [2.05, 4.69) is 5.92 Å². The lowest BCUT2D eigenvalue weighted by Gasteiger charge is -2.28. The zero-order valence-corrected chi connectivity index (χ0v) is 16.5. The monoisotopic (exact) mass is 328 g/mol. The lowest BCUT2D eigenvalue weighted by Crippen LogP contribution is -2.21. The number of aromatic hydroxyl groups is 1. The minimum absolute atomic E-state index is 0.0752. The van der Waals surface area contributed by atoms with Gasteiger partial charge in [0.05, 0.1) is 0 Å². The molecule has 24 heavy (non-hydrogen) atoms. The highest BCUT2D eigenvalue weighted by Gasteiger charge is 2.29. The van der Waals surface area contributed by atoms with Gasteiger partial charge in [0.15, 0.2) is 5.78 Å². The Hall–Kier alpha value is -1.75. The van der Waals surface area contributed by atoms with E-state index in [1.165, 1.54) is 0 Å². The largest absolute Gasteiger partial charge is 0.507 e. The number of hydrogen-bond donors (Lipinski definition) is 1. The summed E-state index contributed by atoms with van der Waals surface area (Å²) >= 11 is 0. The van der Waals surface area contributed by atoms with E-state index < -0.39 is 0 Å². The number of carbonyl (C=O) groups is 1. The molecule has 132 valence electrons. The summed E-state index contributed by atoms with van der Waals surface area (Å²) in [5.41, 5.74) is 1.57. The van der Waals surface area contributed by atoms with Gasteiger partial charge in [0.25, 0.3) is 0 Å². The van der Waals surface area contributed by atoms with Crippen molar-refractivity contribution in [3.05, 3.63) is 28.8 Å². The molecule has 2 heteroatoms. The van der Waals surface area contributed by atoms with Gasteiger partial charge in [0, 0.05) is 29.5 Å². The summed E-state index contributed by atoms with van der Waals surface area (Å²) in [6, 6.07) is 3.69. The third-order valence-corrected chi connectivity index (χ3v) is 4.27. The van der Waals surface area contributed by atoms with Gasteiger partial charge in [-0.2, -0.15) is 0 Å². The number of carbonyl (C=O) groups excluding carboxylic acids is 1. The van der Waals surface area contributed by atoms with Crippen molar-refractivity contribution >= 4 is 5.78 Å². The Morgan fingerprint density at radius 3 is 1.75 bits per heavy atom. The first-order chi connectivity index (χ1) is 10.7. The maximum absolute atomic E-state index is 12.9. The van der Waals surface area contributed by atoms with E-state index in [1.807, 2.05) is 67.5 Å². The van der Waals surface area contributed by atoms with Crippen LogP contribution in [0.2, 0.25) is 0 Å². The fourth-order valence-electron chi connectivity index (χ4n) is 2.81. The predicted octanol–water partition coefficient (Wildman–Crippen LogP) is 5.61. The molecule has 0 heterocycles.